The second-order valence-electron chi connectivity index (χ2n) is 4.96. The van der Waals surface area contributed by atoms with Gasteiger partial charge in [0, 0.05) is 12.1 Å². The van der Waals surface area contributed by atoms with Crippen LogP contribution in [0.2, 0.25) is 0 Å². The first-order chi connectivity index (χ1) is 10.5. The molecule has 2 atom stereocenters. The van der Waals surface area contributed by atoms with Crippen molar-refractivity contribution in [1.82, 2.24) is 0 Å². The number of ketones is 1. The molecule has 2 aromatic carbocycles. The van der Waals surface area contributed by atoms with Crippen molar-refractivity contribution in [3.8, 4) is 23.0 Å². The topological polar surface area (TPSA) is 96.2 Å². The van der Waals surface area contributed by atoms with E-state index in [9.17, 15) is 20.1 Å². The fourth-order valence-corrected chi connectivity index (χ4v) is 2.48. The van der Waals surface area contributed by atoms with Gasteiger partial charge in [-0.2, -0.15) is 0 Å². The Labute approximate surface area is 126 Å². The predicted octanol–water partition coefficient (Wildman–Crippen LogP) is 1.78. The van der Waals surface area contributed by atoms with Crippen LogP contribution in [0.1, 0.15) is 22.0 Å². The highest BCUT2D eigenvalue weighted by molar-refractivity contribution is 6.05. The molecule has 0 aromatic heterocycles. The number of carbonyl (C=O) groups excluding carboxylic acids is 1. The van der Waals surface area contributed by atoms with Crippen LogP contribution in [0.15, 0.2) is 36.4 Å². The first-order valence-corrected chi connectivity index (χ1v) is 6.60. The summed E-state index contributed by atoms with van der Waals surface area (Å²) in [6.45, 7) is 0. The Morgan fingerprint density at radius 3 is 2.68 bits per heavy atom. The minimum atomic E-state index is -1.46. The molecule has 0 unspecified atom stereocenters. The third kappa shape index (κ3) is 2.23. The fraction of sp³-hybridized carbons (Fsp3) is 0.188. The summed E-state index contributed by atoms with van der Waals surface area (Å²) < 4.78 is 10.7. The van der Waals surface area contributed by atoms with Gasteiger partial charge in [0.05, 0.1) is 7.11 Å². The van der Waals surface area contributed by atoms with Gasteiger partial charge >= 0.3 is 0 Å². The van der Waals surface area contributed by atoms with E-state index in [1.54, 1.807) is 24.3 Å². The van der Waals surface area contributed by atoms with Crippen LogP contribution in [0, 0.1) is 0 Å². The number of aromatic hydroxyl groups is 2. The largest absolute Gasteiger partial charge is 0.508 e. The van der Waals surface area contributed by atoms with E-state index in [-0.39, 0.29) is 17.1 Å². The molecule has 3 rings (SSSR count). The SMILES string of the molecule is COc1cccc([C@H]2Oc3cc(O)cc(O)c3C(=O)[C@@H]2O)c1. The van der Waals surface area contributed by atoms with Crippen molar-refractivity contribution in [1.29, 1.82) is 0 Å². The maximum absolute atomic E-state index is 12.3. The van der Waals surface area contributed by atoms with E-state index >= 15 is 0 Å². The minimum absolute atomic E-state index is 0.0284. The molecule has 0 aliphatic carbocycles. The fourth-order valence-electron chi connectivity index (χ4n) is 2.48. The monoisotopic (exact) mass is 302 g/mol. The van der Waals surface area contributed by atoms with Gasteiger partial charge < -0.3 is 24.8 Å². The highest BCUT2D eigenvalue weighted by Gasteiger charge is 2.39. The Morgan fingerprint density at radius 2 is 1.95 bits per heavy atom. The molecule has 6 heteroatoms. The van der Waals surface area contributed by atoms with E-state index in [0.29, 0.717) is 11.3 Å². The second kappa shape index (κ2) is 5.23. The lowest BCUT2D eigenvalue weighted by molar-refractivity contribution is 0.0210. The number of Topliss-reactive ketones (excluding diaryl/α,β-unsaturated/α-hetero) is 1. The van der Waals surface area contributed by atoms with Gasteiger partial charge in [-0.15, -0.1) is 0 Å². The van der Waals surface area contributed by atoms with Gasteiger partial charge in [0.15, 0.2) is 12.2 Å². The molecule has 0 saturated carbocycles. The number of methoxy groups -OCH3 is 1. The summed E-state index contributed by atoms with van der Waals surface area (Å²) in [4.78, 5) is 12.3. The number of ether oxygens (including phenoxy) is 2. The Hall–Kier alpha value is -2.73. The van der Waals surface area contributed by atoms with Crippen molar-refractivity contribution in [2.75, 3.05) is 7.11 Å². The third-order valence-corrected chi connectivity index (χ3v) is 3.54. The molecule has 1 aliphatic heterocycles. The van der Waals surface area contributed by atoms with E-state index in [1.165, 1.54) is 13.2 Å². The second-order valence-corrected chi connectivity index (χ2v) is 4.96. The van der Waals surface area contributed by atoms with E-state index in [2.05, 4.69) is 0 Å². The summed E-state index contributed by atoms with van der Waals surface area (Å²) in [5.74, 6) is -0.731. The van der Waals surface area contributed by atoms with Crippen molar-refractivity contribution in [3.05, 3.63) is 47.5 Å². The summed E-state index contributed by atoms with van der Waals surface area (Å²) in [5.41, 5.74) is 0.415. The van der Waals surface area contributed by atoms with Gasteiger partial charge in [0.25, 0.3) is 0 Å². The summed E-state index contributed by atoms with van der Waals surface area (Å²) in [6, 6.07) is 9.03. The van der Waals surface area contributed by atoms with Crippen molar-refractivity contribution in [2.24, 2.45) is 0 Å². The quantitative estimate of drug-likeness (QED) is 0.782. The van der Waals surface area contributed by atoms with E-state index in [0.717, 1.165) is 6.07 Å². The smallest absolute Gasteiger partial charge is 0.202 e. The number of aliphatic hydroxyl groups is 1. The zero-order valence-electron chi connectivity index (χ0n) is 11.7. The first kappa shape index (κ1) is 14.2. The van der Waals surface area contributed by atoms with Crippen LogP contribution in [0.3, 0.4) is 0 Å². The number of aliphatic hydroxyl groups excluding tert-OH is 1. The van der Waals surface area contributed by atoms with E-state index in [4.69, 9.17) is 9.47 Å². The summed E-state index contributed by atoms with van der Waals surface area (Å²) in [7, 11) is 1.51. The van der Waals surface area contributed by atoms with Crippen LogP contribution in [0.4, 0.5) is 0 Å². The molecular weight excluding hydrogens is 288 g/mol. The number of benzene rings is 2. The highest BCUT2D eigenvalue weighted by Crippen LogP contribution is 2.42. The summed E-state index contributed by atoms with van der Waals surface area (Å²) in [5, 5.41) is 29.5. The van der Waals surface area contributed by atoms with Crippen LogP contribution in [-0.4, -0.2) is 34.3 Å². The number of fused-ring (bicyclic) bond motifs is 1. The Bertz CT molecular complexity index is 739. The maximum atomic E-state index is 12.3. The summed E-state index contributed by atoms with van der Waals surface area (Å²) >= 11 is 0. The van der Waals surface area contributed by atoms with Crippen molar-refractivity contribution in [2.45, 2.75) is 12.2 Å². The van der Waals surface area contributed by atoms with Crippen LogP contribution < -0.4 is 9.47 Å². The molecule has 0 radical (unpaired) electrons. The van der Waals surface area contributed by atoms with Crippen LogP contribution in [0.5, 0.6) is 23.0 Å². The lowest BCUT2D eigenvalue weighted by atomic mass is 9.93. The first-order valence-electron chi connectivity index (χ1n) is 6.60. The van der Waals surface area contributed by atoms with Gasteiger partial charge in [0.1, 0.15) is 28.6 Å². The number of rotatable bonds is 2. The van der Waals surface area contributed by atoms with Crippen molar-refractivity contribution >= 4 is 5.78 Å². The molecule has 1 aliphatic rings. The Kier molecular flexibility index (Phi) is 3.38. The molecule has 2 aromatic rings. The molecule has 0 fully saturated rings. The number of phenols is 2. The van der Waals surface area contributed by atoms with Gasteiger partial charge in [-0.3, -0.25) is 4.79 Å². The van der Waals surface area contributed by atoms with Crippen molar-refractivity contribution < 1.29 is 29.6 Å². The average molecular weight is 302 g/mol. The number of hydrogen-bond donors (Lipinski definition) is 3. The van der Waals surface area contributed by atoms with Gasteiger partial charge in [0.2, 0.25) is 5.78 Å². The normalized spacial score (nSPS) is 20.2. The number of phenolic OH excluding ortho intramolecular Hbond substituents is 2. The van der Waals surface area contributed by atoms with Crippen LogP contribution in [0.25, 0.3) is 0 Å². The lowest BCUT2D eigenvalue weighted by Crippen LogP contribution is -2.36. The Morgan fingerprint density at radius 1 is 1.18 bits per heavy atom. The van der Waals surface area contributed by atoms with Crippen LogP contribution in [-0.2, 0) is 0 Å². The highest BCUT2D eigenvalue weighted by atomic mass is 16.5. The molecule has 1 heterocycles. The minimum Gasteiger partial charge on any atom is -0.508 e. The lowest BCUT2D eigenvalue weighted by Gasteiger charge is -2.30. The zero-order chi connectivity index (χ0) is 15.9. The molecule has 6 nitrogen and oxygen atoms in total. The third-order valence-electron chi connectivity index (χ3n) is 3.54. The standard InChI is InChI=1S/C16H14O6/c1-21-10-4-2-3-8(5-10)16-15(20)14(19)13-11(18)6-9(17)7-12(13)22-16/h2-7,15-18,20H,1H3/t15-,16+/m0/s1. The predicted molar refractivity (Wildman–Crippen MR) is 76.5 cm³/mol. The molecule has 22 heavy (non-hydrogen) atoms. The molecule has 3 N–H and O–H groups in total. The molecule has 0 amide bonds. The Balaban J connectivity index is 2.06. The molecular formula is C16H14O6. The number of carbonyl (C=O) groups is 1. The van der Waals surface area contributed by atoms with Gasteiger partial charge in [-0.1, -0.05) is 12.1 Å². The zero-order valence-corrected chi connectivity index (χ0v) is 11.7. The average Bonchev–Trinajstić information content (AvgIpc) is 2.50. The van der Waals surface area contributed by atoms with E-state index in [1.807, 2.05) is 0 Å². The van der Waals surface area contributed by atoms with Crippen LogP contribution >= 0.6 is 0 Å². The summed E-state index contributed by atoms with van der Waals surface area (Å²) in [6.07, 6.45) is -2.41. The van der Waals surface area contributed by atoms with Gasteiger partial charge in [-0.05, 0) is 17.7 Å². The maximum Gasteiger partial charge on any atom is 0.202 e. The van der Waals surface area contributed by atoms with Gasteiger partial charge in [-0.25, -0.2) is 0 Å². The molecule has 0 bridgehead atoms. The van der Waals surface area contributed by atoms with Crippen molar-refractivity contribution in [3.63, 3.8) is 0 Å². The van der Waals surface area contributed by atoms with E-state index < -0.39 is 23.7 Å². The molecule has 0 saturated heterocycles. The molecule has 0 spiro atoms. The number of hydrogen-bond acceptors (Lipinski definition) is 6. The molecule has 114 valence electrons.